The van der Waals surface area contributed by atoms with Crippen molar-refractivity contribution in [2.75, 3.05) is 11.5 Å². The molecule has 0 aliphatic carbocycles. The van der Waals surface area contributed by atoms with Gasteiger partial charge in [-0.3, -0.25) is 4.79 Å². The van der Waals surface area contributed by atoms with E-state index in [1.54, 1.807) is 54.6 Å². The first-order valence-electron chi connectivity index (χ1n) is 9.80. The molecule has 31 heavy (non-hydrogen) atoms. The Morgan fingerprint density at radius 2 is 1.29 bits per heavy atom. The highest BCUT2D eigenvalue weighted by molar-refractivity contribution is 6.09. The summed E-state index contributed by atoms with van der Waals surface area (Å²) in [6, 6.07) is 26.8. The summed E-state index contributed by atoms with van der Waals surface area (Å²) < 4.78 is 11.8. The Bertz CT molecular complexity index is 1230. The summed E-state index contributed by atoms with van der Waals surface area (Å²) in [5.41, 5.74) is 14.8. The van der Waals surface area contributed by atoms with E-state index in [0.29, 0.717) is 45.5 Å². The van der Waals surface area contributed by atoms with Crippen LogP contribution in [-0.4, -0.2) is 5.78 Å². The molecule has 0 heterocycles. The van der Waals surface area contributed by atoms with Gasteiger partial charge in [0.15, 0.2) is 5.78 Å². The number of carbonyl (C=O) groups is 1. The van der Waals surface area contributed by atoms with Gasteiger partial charge in [-0.2, -0.15) is 0 Å². The molecule has 5 nitrogen and oxygen atoms in total. The van der Waals surface area contributed by atoms with Gasteiger partial charge in [0.05, 0.1) is 0 Å². The molecule has 0 amide bonds. The predicted octanol–water partition coefficient (Wildman–Crippen LogP) is 5.98. The van der Waals surface area contributed by atoms with E-state index in [2.05, 4.69) is 0 Å². The van der Waals surface area contributed by atoms with Gasteiger partial charge in [-0.25, -0.2) is 0 Å². The Morgan fingerprint density at radius 3 is 1.97 bits per heavy atom. The Kier molecular flexibility index (Phi) is 5.58. The summed E-state index contributed by atoms with van der Waals surface area (Å²) in [5.74, 6) is 2.62. The molecule has 4 aromatic rings. The van der Waals surface area contributed by atoms with Crippen molar-refractivity contribution in [1.29, 1.82) is 0 Å². The van der Waals surface area contributed by atoms with Crippen molar-refractivity contribution in [2.45, 2.75) is 6.92 Å². The summed E-state index contributed by atoms with van der Waals surface area (Å²) in [7, 11) is 0. The largest absolute Gasteiger partial charge is 0.457 e. The van der Waals surface area contributed by atoms with Crippen molar-refractivity contribution in [3.8, 4) is 23.0 Å². The van der Waals surface area contributed by atoms with Crippen LogP contribution < -0.4 is 20.9 Å². The molecule has 4 N–H and O–H groups in total. The molecule has 0 saturated carbocycles. The summed E-state index contributed by atoms with van der Waals surface area (Å²) in [5, 5.41) is 0. The number of hydrogen-bond donors (Lipinski definition) is 2. The summed E-state index contributed by atoms with van der Waals surface area (Å²) >= 11 is 0. The number of nitrogen functional groups attached to an aromatic ring is 2. The molecule has 0 saturated heterocycles. The zero-order valence-electron chi connectivity index (χ0n) is 17.0. The van der Waals surface area contributed by atoms with Crippen molar-refractivity contribution in [1.82, 2.24) is 0 Å². The maximum atomic E-state index is 12.6. The third-order valence-corrected chi connectivity index (χ3v) is 4.73. The third kappa shape index (κ3) is 4.85. The van der Waals surface area contributed by atoms with E-state index >= 15 is 0 Å². The van der Waals surface area contributed by atoms with Crippen LogP contribution in [0.15, 0.2) is 91.0 Å². The molecule has 0 fully saturated rings. The van der Waals surface area contributed by atoms with E-state index in [0.717, 1.165) is 5.56 Å². The van der Waals surface area contributed by atoms with E-state index in [1.165, 1.54) is 0 Å². The SMILES string of the molecule is Cc1cc(Oc2cccc(N)c2)ccc1Oc1ccc(C(=O)c2cccc(N)c2)cc1. The Morgan fingerprint density at radius 1 is 0.645 bits per heavy atom. The number of aryl methyl sites for hydroxylation is 1. The number of ether oxygens (including phenoxy) is 2. The first-order chi connectivity index (χ1) is 15.0. The summed E-state index contributed by atoms with van der Waals surface area (Å²) in [6.45, 7) is 1.94. The zero-order chi connectivity index (χ0) is 21.8. The molecule has 4 rings (SSSR count). The van der Waals surface area contributed by atoms with E-state index < -0.39 is 0 Å². The predicted molar refractivity (Wildman–Crippen MR) is 123 cm³/mol. The number of ketones is 1. The van der Waals surface area contributed by atoms with Gasteiger partial charge in [0, 0.05) is 28.6 Å². The fourth-order valence-electron chi connectivity index (χ4n) is 3.16. The average molecular weight is 410 g/mol. The smallest absolute Gasteiger partial charge is 0.193 e. The van der Waals surface area contributed by atoms with Gasteiger partial charge in [-0.05, 0) is 79.2 Å². The average Bonchev–Trinajstić information content (AvgIpc) is 2.76. The van der Waals surface area contributed by atoms with Crippen LogP contribution in [0.4, 0.5) is 11.4 Å². The minimum absolute atomic E-state index is 0.0851. The van der Waals surface area contributed by atoms with E-state index in [9.17, 15) is 4.79 Å². The van der Waals surface area contributed by atoms with Crippen LogP contribution >= 0.6 is 0 Å². The summed E-state index contributed by atoms with van der Waals surface area (Å²) in [4.78, 5) is 12.6. The molecule has 0 radical (unpaired) electrons. The summed E-state index contributed by atoms with van der Waals surface area (Å²) in [6.07, 6.45) is 0. The molecule has 0 unspecified atom stereocenters. The van der Waals surface area contributed by atoms with Gasteiger partial charge < -0.3 is 20.9 Å². The number of hydrogen-bond acceptors (Lipinski definition) is 5. The minimum atomic E-state index is -0.0851. The molecule has 0 aromatic heterocycles. The van der Waals surface area contributed by atoms with Crippen LogP contribution in [0.25, 0.3) is 0 Å². The Hall–Kier alpha value is -4.25. The number of nitrogens with two attached hydrogens (primary N) is 2. The molecule has 0 aliphatic rings. The second-order valence-corrected chi connectivity index (χ2v) is 7.18. The highest BCUT2D eigenvalue weighted by Gasteiger charge is 2.10. The van der Waals surface area contributed by atoms with Crippen LogP contribution in [0.1, 0.15) is 21.5 Å². The van der Waals surface area contributed by atoms with Gasteiger partial charge in [-0.1, -0.05) is 18.2 Å². The lowest BCUT2D eigenvalue weighted by Crippen LogP contribution is -2.02. The second-order valence-electron chi connectivity index (χ2n) is 7.18. The van der Waals surface area contributed by atoms with Gasteiger partial charge in [0.1, 0.15) is 23.0 Å². The molecule has 4 aromatic carbocycles. The quantitative estimate of drug-likeness (QED) is 0.302. The lowest BCUT2D eigenvalue weighted by atomic mass is 10.0. The van der Waals surface area contributed by atoms with Crippen molar-refractivity contribution in [3.05, 3.63) is 108 Å². The van der Waals surface area contributed by atoms with Crippen LogP contribution in [0.3, 0.4) is 0 Å². The normalized spacial score (nSPS) is 10.5. The Balaban J connectivity index is 1.46. The van der Waals surface area contributed by atoms with Gasteiger partial charge in [0.2, 0.25) is 0 Å². The lowest BCUT2D eigenvalue weighted by Gasteiger charge is -2.12. The number of rotatable bonds is 6. The molecule has 0 bridgehead atoms. The van der Waals surface area contributed by atoms with Crippen LogP contribution in [0, 0.1) is 6.92 Å². The maximum Gasteiger partial charge on any atom is 0.193 e. The van der Waals surface area contributed by atoms with Crippen LogP contribution in [0.5, 0.6) is 23.0 Å². The van der Waals surface area contributed by atoms with Crippen molar-refractivity contribution < 1.29 is 14.3 Å². The first-order valence-corrected chi connectivity index (χ1v) is 9.80. The minimum Gasteiger partial charge on any atom is -0.457 e. The fraction of sp³-hybridized carbons (Fsp3) is 0.0385. The van der Waals surface area contributed by atoms with Gasteiger partial charge >= 0.3 is 0 Å². The second kappa shape index (κ2) is 8.63. The maximum absolute atomic E-state index is 12.6. The fourth-order valence-corrected chi connectivity index (χ4v) is 3.16. The van der Waals surface area contributed by atoms with E-state index in [1.807, 2.05) is 43.3 Å². The standard InChI is InChI=1S/C26H22N2O3/c1-17-14-24(30-23-7-3-6-21(28)16-23)12-13-25(17)31-22-10-8-18(9-11-22)26(29)19-4-2-5-20(27)15-19/h2-16H,27-28H2,1H3. The monoisotopic (exact) mass is 410 g/mol. The Labute approximate surface area is 180 Å². The van der Waals surface area contributed by atoms with Gasteiger partial charge in [-0.15, -0.1) is 0 Å². The van der Waals surface area contributed by atoms with Gasteiger partial charge in [0.25, 0.3) is 0 Å². The zero-order valence-corrected chi connectivity index (χ0v) is 17.0. The number of carbonyl (C=O) groups excluding carboxylic acids is 1. The number of anilines is 2. The third-order valence-electron chi connectivity index (χ3n) is 4.73. The van der Waals surface area contributed by atoms with E-state index in [-0.39, 0.29) is 5.78 Å². The van der Waals surface area contributed by atoms with Crippen LogP contribution in [-0.2, 0) is 0 Å². The van der Waals surface area contributed by atoms with Crippen molar-refractivity contribution in [2.24, 2.45) is 0 Å². The highest BCUT2D eigenvalue weighted by Crippen LogP contribution is 2.31. The number of benzene rings is 4. The highest BCUT2D eigenvalue weighted by atomic mass is 16.5. The first kappa shape index (κ1) is 20.0. The molecular formula is C26H22N2O3. The van der Waals surface area contributed by atoms with Crippen molar-refractivity contribution in [3.63, 3.8) is 0 Å². The van der Waals surface area contributed by atoms with E-state index in [4.69, 9.17) is 20.9 Å². The molecule has 0 atom stereocenters. The molecule has 0 spiro atoms. The van der Waals surface area contributed by atoms with Crippen molar-refractivity contribution >= 4 is 17.2 Å². The molecule has 0 aliphatic heterocycles. The topological polar surface area (TPSA) is 87.6 Å². The lowest BCUT2D eigenvalue weighted by molar-refractivity contribution is 0.103. The van der Waals surface area contributed by atoms with Crippen LogP contribution in [0.2, 0.25) is 0 Å². The molecule has 5 heteroatoms. The molecule has 154 valence electrons. The molecular weight excluding hydrogens is 388 g/mol.